The van der Waals surface area contributed by atoms with E-state index >= 15 is 0 Å². The second-order valence-corrected chi connectivity index (χ2v) is 6.01. The van der Waals surface area contributed by atoms with Crippen molar-refractivity contribution < 1.29 is 31.9 Å². The van der Waals surface area contributed by atoms with E-state index in [9.17, 15) is 22.8 Å². The Morgan fingerprint density at radius 3 is 2.62 bits per heavy atom. The zero-order valence-electron chi connectivity index (χ0n) is 12.8. The van der Waals surface area contributed by atoms with Crippen molar-refractivity contribution in [3.63, 3.8) is 0 Å². The highest BCUT2D eigenvalue weighted by Gasteiger charge is 2.31. The van der Waals surface area contributed by atoms with Gasteiger partial charge in [0.05, 0.1) is 16.3 Å². The van der Waals surface area contributed by atoms with Crippen molar-refractivity contribution in [2.75, 3.05) is 11.9 Å². The lowest BCUT2D eigenvalue weighted by molar-refractivity contribution is -0.142. The Morgan fingerprint density at radius 2 is 2.00 bits per heavy atom. The highest BCUT2D eigenvalue weighted by molar-refractivity contribution is 9.10. The Bertz CT molecular complexity index is 848. The lowest BCUT2D eigenvalue weighted by Crippen LogP contribution is -2.20. The van der Waals surface area contributed by atoms with Gasteiger partial charge in [-0.15, -0.1) is 0 Å². The predicted molar refractivity (Wildman–Crippen MR) is 91.5 cm³/mol. The molecule has 1 heterocycles. The maximum atomic E-state index is 12.7. The molecule has 0 bridgehead atoms. The molecule has 0 fully saturated rings. The molecule has 138 valence electrons. The predicted octanol–water partition coefficient (Wildman–Crippen LogP) is 4.91. The summed E-state index contributed by atoms with van der Waals surface area (Å²) in [5, 5.41) is 2.08. The lowest BCUT2D eigenvalue weighted by atomic mass is 10.2. The van der Waals surface area contributed by atoms with Gasteiger partial charge in [0.2, 0.25) is 0 Å². The molecule has 0 atom stereocenters. The summed E-state index contributed by atoms with van der Waals surface area (Å²) in [6.45, 7) is -0.697. The molecule has 1 N–H and O–H groups in total. The molecule has 0 unspecified atom stereocenters. The molecule has 2 aromatic rings. The van der Waals surface area contributed by atoms with Crippen LogP contribution >= 0.6 is 27.5 Å². The van der Waals surface area contributed by atoms with E-state index in [0.29, 0.717) is 16.5 Å². The van der Waals surface area contributed by atoms with Gasteiger partial charge >= 0.3 is 12.1 Å². The normalized spacial score (nSPS) is 11.6. The fourth-order valence-corrected chi connectivity index (χ4v) is 2.22. The fraction of sp³-hybridized carbons (Fsp3) is 0.125. The van der Waals surface area contributed by atoms with Gasteiger partial charge in [-0.25, -0.2) is 4.79 Å². The van der Waals surface area contributed by atoms with Gasteiger partial charge in [0.15, 0.2) is 11.3 Å². The number of nitrogens with one attached hydrogen (secondary N) is 1. The largest absolute Gasteiger partial charge is 0.452 e. The minimum Gasteiger partial charge on any atom is -0.452 e. The van der Waals surface area contributed by atoms with Crippen molar-refractivity contribution in [2.45, 2.75) is 6.18 Å². The summed E-state index contributed by atoms with van der Waals surface area (Å²) in [6, 6.07) is 5.70. The third-order valence-electron chi connectivity index (χ3n) is 2.89. The first-order chi connectivity index (χ1) is 12.1. The third kappa shape index (κ3) is 5.92. The molecule has 0 aliphatic heterocycles. The van der Waals surface area contributed by atoms with Crippen LogP contribution in [0.5, 0.6) is 0 Å². The Kier molecular flexibility index (Phi) is 6.49. The quantitative estimate of drug-likeness (QED) is 0.517. The van der Waals surface area contributed by atoms with Crippen molar-refractivity contribution in [3.05, 3.63) is 57.4 Å². The van der Waals surface area contributed by atoms with E-state index in [1.165, 1.54) is 6.08 Å². The van der Waals surface area contributed by atoms with E-state index in [1.54, 1.807) is 12.1 Å². The van der Waals surface area contributed by atoms with Gasteiger partial charge in [-0.3, -0.25) is 4.79 Å². The number of furan rings is 1. The summed E-state index contributed by atoms with van der Waals surface area (Å²) in [6.07, 6.45) is -2.22. The van der Waals surface area contributed by atoms with Crippen molar-refractivity contribution in [1.29, 1.82) is 0 Å². The monoisotopic (exact) mass is 451 g/mol. The number of carbonyl (C=O) groups is 2. The highest BCUT2D eigenvalue weighted by Crippen LogP contribution is 2.33. The number of rotatable bonds is 5. The topological polar surface area (TPSA) is 68.5 Å². The van der Waals surface area contributed by atoms with Crippen LogP contribution in [0, 0.1) is 0 Å². The molecule has 26 heavy (non-hydrogen) atoms. The van der Waals surface area contributed by atoms with E-state index in [4.69, 9.17) is 16.0 Å². The molecule has 1 amide bonds. The summed E-state index contributed by atoms with van der Waals surface area (Å²) < 4.78 is 48.3. The number of hydrogen-bond acceptors (Lipinski definition) is 4. The molecule has 1 aromatic heterocycles. The minimum absolute atomic E-state index is 0.0824. The van der Waals surface area contributed by atoms with Gasteiger partial charge in [0, 0.05) is 6.08 Å². The van der Waals surface area contributed by atoms with Crippen LogP contribution in [0.15, 0.2) is 45.5 Å². The van der Waals surface area contributed by atoms with Crippen LogP contribution in [0.25, 0.3) is 6.08 Å². The molecule has 0 aliphatic rings. The summed E-state index contributed by atoms with van der Waals surface area (Å²) in [5.41, 5.74) is -1.21. The number of carbonyl (C=O) groups excluding carboxylic acids is 2. The summed E-state index contributed by atoms with van der Waals surface area (Å²) >= 11 is 8.85. The van der Waals surface area contributed by atoms with Crippen LogP contribution < -0.4 is 5.32 Å². The molecule has 0 saturated carbocycles. The Balaban J connectivity index is 1.90. The smallest absolute Gasteiger partial charge is 0.416 e. The SMILES string of the molecule is O=C(COC(=O)C=Cc1ccc(Br)o1)Nc1cc(C(F)(F)F)ccc1Cl. The molecular weight excluding hydrogens is 443 g/mol. The van der Waals surface area contributed by atoms with E-state index in [-0.39, 0.29) is 10.7 Å². The van der Waals surface area contributed by atoms with E-state index in [2.05, 4.69) is 26.0 Å². The van der Waals surface area contributed by atoms with E-state index in [0.717, 1.165) is 18.2 Å². The van der Waals surface area contributed by atoms with Crippen molar-refractivity contribution in [3.8, 4) is 0 Å². The molecule has 0 aliphatic carbocycles. The van der Waals surface area contributed by atoms with Gasteiger partial charge in [0.1, 0.15) is 5.76 Å². The molecule has 2 rings (SSSR count). The maximum Gasteiger partial charge on any atom is 0.416 e. The average Bonchev–Trinajstić information content (AvgIpc) is 2.97. The Labute approximate surface area is 158 Å². The zero-order chi connectivity index (χ0) is 19.3. The van der Waals surface area contributed by atoms with Crippen LogP contribution in [0.3, 0.4) is 0 Å². The molecule has 10 heteroatoms. The van der Waals surface area contributed by atoms with Crippen molar-refractivity contribution in [2.24, 2.45) is 0 Å². The van der Waals surface area contributed by atoms with Crippen LogP contribution in [0.2, 0.25) is 5.02 Å². The number of hydrogen-bond donors (Lipinski definition) is 1. The number of anilines is 1. The first-order valence-electron chi connectivity index (χ1n) is 6.92. The van der Waals surface area contributed by atoms with E-state index < -0.39 is 30.2 Å². The molecule has 1 aromatic carbocycles. The Morgan fingerprint density at radius 1 is 1.27 bits per heavy atom. The van der Waals surface area contributed by atoms with Crippen molar-refractivity contribution >= 4 is 51.2 Å². The lowest BCUT2D eigenvalue weighted by Gasteiger charge is -2.11. The number of esters is 1. The van der Waals surface area contributed by atoms with Gasteiger partial charge in [0.25, 0.3) is 5.91 Å². The number of halogens is 5. The number of ether oxygens (including phenoxy) is 1. The second kappa shape index (κ2) is 8.41. The fourth-order valence-electron chi connectivity index (χ4n) is 1.74. The maximum absolute atomic E-state index is 12.7. The van der Waals surface area contributed by atoms with Crippen LogP contribution in [-0.4, -0.2) is 18.5 Å². The van der Waals surface area contributed by atoms with Gasteiger partial charge in [-0.05, 0) is 52.3 Å². The molecular formula is C16H10BrClF3NO4. The van der Waals surface area contributed by atoms with Crippen LogP contribution in [0.1, 0.15) is 11.3 Å². The summed E-state index contributed by atoms with van der Waals surface area (Å²) in [4.78, 5) is 23.2. The summed E-state index contributed by atoms with van der Waals surface area (Å²) in [5.74, 6) is -1.29. The minimum atomic E-state index is -4.58. The zero-order valence-corrected chi connectivity index (χ0v) is 15.1. The molecule has 0 saturated heterocycles. The standard InChI is InChI=1S/C16H10BrClF3NO4/c17-13-5-2-10(26-13)3-6-15(24)25-8-14(23)22-12-7-9(16(19,20)21)1-4-11(12)18/h1-7H,8H2,(H,22,23). The number of amides is 1. The summed E-state index contributed by atoms with van der Waals surface area (Å²) in [7, 11) is 0. The highest BCUT2D eigenvalue weighted by atomic mass is 79.9. The number of alkyl halides is 3. The first kappa shape index (κ1) is 20.1. The van der Waals surface area contributed by atoms with E-state index in [1.807, 2.05) is 0 Å². The molecule has 0 spiro atoms. The van der Waals surface area contributed by atoms with Gasteiger partial charge in [-0.2, -0.15) is 13.2 Å². The molecule has 0 radical (unpaired) electrons. The van der Waals surface area contributed by atoms with Crippen molar-refractivity contribution in [1.82, 2.24) is 0 Å². The first-order valence-corrected chi connectivity index (χ1v) is 8.09. The second-order valence-electron chi connectivity index (χ2n) is 4.82. The molecule has 5 nitrogen and oxygen atoms in total. The third-order valence-corrected chi connectivity index (χ3v) is 3.65. The number of benzene rings is 1. The van der Waals surface area contributed by atoms with Crippen LogP contribution in [-0.2, 0) is 20.5 Å². The van der Waals surface area contributed by atoms with Gasteiger partial charge in [-0.1, -0.05) is 11.6 Å². The average molecular weight is 453 g/mol. The van der Waals surface area contributed by atoms with Crippen LogP contribution in [0.4, 0.5) is 18.9 Å². The van der Waals surface area contributed by atoms with Gasteiger partial charge < -0.3 is 14.5 Å². The Hall–Kier alpha value is -2.26.